The number of rotatable bonds is 7. The van der Waals surface area contributed by atoms with Crippen molar-refractivity contribution >= 4 is 46.2 Å². The zero-order valence-electron chi connectivity index (χ0n) is 14.9. The Balaban J connectivity index is 0.00000243. The van der Waals surface area contributed by atoms with Gasteiger partial charge in [0.2, 0.25) is 0 Å². The van der Waals surface area contributed by atoms with Crippen LogP contribution in [0.3, 0.4) is 0 Å². The summed E-state index contributed by atoms with van der Waals surface area (Å²) >= 11 is 1.63. The molecule has 0 fully saturated rings. The lowest BCUT2D eigenvalue weighted by molar-refractivity contribution is 0.336. The summed E-state index contributed by atoms with van der Waals surface area (Å²) in [6.07, 6.45) is 4.05. The molecule has 0 amide bonds. The first kappa shape index (κ1) is 20.5. The van der Waals surface area contributed by atoms with E-state index in [1.54, 1.807) is 11.3 Å². The van der Waals surface area contributed by atoms with Crippen molar-refractivity contribution in [1.82, 2.24) is 20.0 Å². The Bertz CT molecular complexity index is 816. The predicted octanol–water partition coefficient (Wildman–Crippen LogP) is 3.67. The second-order valence-electron chi connectivity index (χ2n) is 5.41. The molecule has 3 rings (SSSR count). The highest BCUT2D eigenvalue weighted by Gasteiger charge is 2.05. The third-order valence-corrected chi connectivity index (χ3v) is 4.38. The lowest BCUT2D eigenvalue weighted by Crippen LogP contribution is -2.36. The Morgan fingerprint density at radius 2 is 2.12 bits per heavy atom. The summed E-state index contributed by atoms with van der Waals surface area (Å²) in [5.41, 5.74) is 2.07. The van der Waals surface area contributed by atoms with Crippen LogP contribution in [0.1, 0.15) is 25.1 Å². The molecule has 2 aromatic heterocycles. The van der Waals surface area contributed by atoms with Crippen molar-refractivity contribution in [3.05, 3.63) is 53.3 Å². The van der Waals surface area contributed by atoms with Gasteiger partial charge in [0.05, 0.1) is 25.4 Å². The first-order valence-corrected chi connectivity index (χ1v) is 9.32. The van der Waals surface area contributed by atoms with E-state index in [1.165, 1.54) is 0 Å². The van der Waals surface area contributed by atoms with Crippen LogP contribution in [0.15, 0.2) is 47.0 Å². The zero-order chi connectivity index (χ0) is 17.5. The van der Waals surface area contributed by atoms with Gasteiger partial charge in [-0.1, -0.05) is 18.2 Å². The highest BCUT2D eigenvalue weighted by Crippen LogP contribution is 2.18. The Morgan fingerprint density at radius 3 is 2.88 bits per heavy atom. The van der Waals surface area contributed by atoms with Crippen LogP contribution in [0.4, 0.5) is 0 Å². The maximum absolute atomic E-state index is 5.66. The first-order valence-electron chi connectivity index (χ1n) is 8.44. The Morgan fingerprint density at radius 1 is 1.27 bits per heavy atom. The van der Waals surface area contributed by atoms with Crippen molar-refractivity contribution < 1.29 is 4.74 Å². The molecule has 6 nitrogen and oxygen atoms in total. The molecule has 140 valence electrons. The number of aromatic nitrogens is 2. The maximum Gasteiger partial charge on any atom is 0.193 e. The molecule has 1 aromatic carbocycles. The summed E-state index contributed by atoms with van der Waals surface area (Å²) < 4.78 is 7.69. The lowest BCUT2D eigenvalue weighted by atomic mass is 10.2. The van der Waals surface area contributed by atoms with Gasteiger partial charge in [-0.25, -0.2) is 9.98 Å². The number of imidazole rings is 1. The summed E-state index contributed by atoms with van der Waals surface area (Å²) in [4.78, 5) is 10.2. The van der Waals surface area contributed by atoms with E-state index in [0.29, 0.717) is 19.7 Å². The van der Waals surface area contributed by atoms with Gasteiger partial charge in [0.25, 0.3) is 0 Å². The molecule has 3 aromatic rings. The molecule has 0 aliphatic heterocycles. The lowest BCUT2D eigenvalue weighted by Gasteiger charge is -2.12. The van der Waals surface area contributed by atoms with Crippen molar-refractivity contribution in [1.29, 1.82) is 0 Å². The van der Waals surface area contributed by atoms with Crippen LogP contribution in [0.2, 0.25) is 0 Å². The average Bonchev–Trinajstić information content (AvgIpc) is 3.20. The fraction of sp³-hybridized carbons (Fsp3) is 0.333. The monoisotopic (exact) mass is 485 g/mol. The number of hydrogen-bond acceptors (Lipinski definition) is 4. The molecule has 0 bridgehead atoms. The molecule has 0 radical (unpaired) electrons. The molecular formula is C18H24IN5OS. The number of halogens is 1. The van der Waals surface area contributed by atoms with E-state index >= 15 is 0 Å². The smallest absolute Gasteiger partial charge is 0.193 e. The minimum atomic E-state index is 0. The SMILES string of the molecule is CCNC(=NCc1ccccc1OCC)NCc1cn2ccsc2n1.I. The number of guanidine groups is 1. The van der Waals surface area contributed by atoms with Crippen LogP contribution in [-0.4, -0.2) is 28.5 Å². The number of benzene rings is 1. The number of thiazole rings is 1. The molecule has 2 N–H and O–H groups in total. The molecule has 8 heteroatoms. The minimum absolute atomic E-state index is 0. The molecule has 0 saturated heterocycles. The number of para-hydroxylation sites is 1. The van der Waals surface area contributed by atoms with Gasteiger partial charge in [-0.15, -0.1) is 35.3 Å². The van der Waals surface area contributed by atoms with E-state index in [2.05, 4.69) is 27.5 Å². The number of nitrogens with one attached hydrogen (secondary N) is 2. The van der Waals surface area contributed by atoms with Crippen molar-refractivity contribution in [3.63, 3.8) is 0 Å². The Kier molecular flexibility index (Phi) is 8.17. The van der Waals surface area contributed by atoms with Gasteiger partial charge >= 0.3 is 0 Å². The number of fused-ring (bicyclic) bond motifs is 1. The highest BCUT2D eigenvalue weighted by atomic mass is 127. The van der Waals surface area contributed by atoms with Gasteiger partial charge in [0.1, 0.15) is 5.75 Å². The van der Waals surface area contributed by atoms with E-state index in [9.17, 15) is 0 Å². The molecule has 0 aliphatic rings. The van der Waals surface area contributed by atoms with Crippen LogP contribution >= 0.6 is 35.3 Å². The number of aliphatic imine (C=N–C) groups is 1. The largest absolute Gasteiger partial charge is 0.494 e. The van der Waals surface area contributed by atoms with Gasteiger partial charge in [-0.2, -0.15) is 0 Å². The third-order valence-electron chi connectivity index (χ3n) is 3.60. The van der Waals surface area contributed by atoms with E-state index in [0.717, 1.165) is 34.5 Å². The molecule has 26 heavy (non-hydrogen) atoms. The summed E-state index contributed by atoms with van der Waals surface area (Å²) in [6.45, 7) is 6.68. The standard InChI is InChI=1S/C18H23N5OS.HI/c1-3-19-17(20-11-14-7-5-6-8-16(14)24-4-2)21-12-15-13-23-9-10-25-18(23)22-15;/h5-10,13H,3-4,11-12H2,1-2H3,(H2,19,20,21);1H. The van der Waals surface area contributed by atoms with Crippen molar-refractivity contribution in [2.45, 2.75) is 26.9 Å². The second-order valence-corrected chi connectivity index (χ2v) is 6.29. The van der Waals surface area contributed by atoms with Crippen molar-refractivity contribution in [2.24, 2.45) is 4.99 Å². The molecule has 0 atom stereocenters. The van der Waals surface area contributed by atoms with Gasteiger partial charge in [0.15, 0.2) is 10.9 Å². The Hall–Kier alpha value is -1.81. The molecular weight excluding hydrogens is 461 g/mol. The fourth-order valence-electron chi connectivity index (χ4n) is 2.47. The van der Waals surface area contributed by atoms with Crippen LogP contribution in [0, 0.1) is 0 Å². The predicted molar refractivity (Wildman–Crippen MR) is 118 cm³/mol. The van der Waals surface area contributed by atoms with E-state index in [4.69, 9.17) is 4.74 Å². The van der Waals surface area contributed by atoms with E-state index in [1.807, 2.05) is 53.4 Å². The van der Waals surface area contributed by atoms with Crippen molar-refractivity contribution in [3.8, 4) is 5.75 Å². The quantitative estimate of drug-likeness (QED) is 0.305. The molecule has 0 aliphatic carbocycles. The van der Waals surface area contributed by atoms with Gasteiger partial charge in [-0.05, 0) is 19.9 Å². The van der Waals surface area contributed by atoms with Crippen LogP contribution in [-0.2, 0) is 13.1 Å². The van der Waals surface area contributed by atoms with Gasteiger partial charge < -0.3 is 15.4 Å². The second kappa shape index (κ2) is 10.4. The van der Waals surface area contributed by atoms with Crippen LogP contribution in [0.5, 0.6) is 5.75 Å². The number of hydrogen-bond donors (Lipinski definition) is 2. The molecule has 0 spiro atoms. The number of ether oxygens (including phenoxy) is 1. The fourth-order valence-corrected chi connectivity index (χ4v) is 3.19. The topological polar surface area (TPSA) is 63.0 Å². The average molecular weight is 485 g/mol. The molecule has 2 heterocycles. The maximum atomic E-state index is 5.66. The molecule has 0 unspecified atom stereocenters. The zero-order valence-corrected chi connectivity index (χ0v) is 18.1. The van der Waals surface area contributed by atoms with E-state index < -0.39 is 0 Å². The van der Waals surface area contributed by atoms with Crippen molar-refractivity contribution in [2.75, 3.05) is 13.2 Å². The summed E-state index contributed by atoms with van der Waals surface area (Å²) in [5, 5.41) is 8.63. The summed E-state index contributed by atoms with van der Waals surface area (Å²) in [6, 6.07) is 8.01. The molecule has 0 saturated carbocycles. The summed E-state index contributed by atoms with van der Waals surface area (Å²) in [5.74, 6) is 1.66. The summed E-state index contributed by atoms with van der Waals surface area (Å²) in [7, 11) is 0. The Labute approximate surface area is 174 Å². The van der Waals surface area contributed by atoms with Crippen LogP contribution in [0.25, 0.3) is 4.96 Å². The van der Waals surface area contributed by atoms with Gasteiger partial charge in [-0.3, -0.25) is 4.40 Å². The number of nitrogens with zero attached hydrogens (tertiary/aromatic N) is 3. The first-order chi connectivity index (χ1) is 12.3. The van der Waals surface area contributed by atoms with Gasteiger partial charge in [0, 0.05) is 29.9 Å². The van der Waals surface area contributed by atoms with E-state index in [-0.39, 0.29) is 24.0 Å². The van der Waals surface area contributed by atoms with Crippen LogP contribution < -0.4 is 15.4 Å². The third kappa shape index (κ3) is 5.34. The minimum Gasteiger partial charge on any atom is -0.494 e. The highest BCUT2D eigenvalue weighted by molar-refractivity contribution is 14.0. The normalized spacial score (nSPS) is 11.2.